The molecular formula is C11H7FN2O4. The molecule has 0 aliphatic rings. The molecule has 0 amide bonds. The van der Waals surface area contributed by atoms with E-state index >= 15 is 0 Å². The number of aromatic carboxylic acids is 1. The molecule has 6 nitrogen and oxygen atoms in total. The van der Waals surface area contributed by atoms with Crippen molar-refractivity contribution in [3.8, 4) is 5.75 Å². The van der Waals surface area contributed by atoms with Crippen LogP contribution >= 0.6 is 0 Å². The molecule has 0 aliphatic carbocycles. The van der Waals surface area contributed by atoms with Gasteiger partial charge in [0.15, 0.2) is 5.69 Å². The van der Waals surface area contributed by atoms with E-state index in [0.29, 0.717) is 0 Å². The molecule has 1 heterocycles. The van der Waals surface area contributed by atoms with Crippen LogP contribution in [0.2, 0.25) is 0 Å². The lowest BCUT2D eigenvalue weighted by molar-refractivity contribution is 0.0666. The number of aromatic amines is 1. The number of carbonyl (C=O) groups excluding carboxylic acids is 1. The van der Waals surface area contributed by atoms with E-state index < -0.39 is 17.8 Å². The SMILES string of the molecule is O=C(O)c1cn[nH]c1C(=O)Oc1cccc(F)c1. The van der Waals surface area contributed by atoms with Gasteiger partial charge >= 0.3 is 11.9 Å². The number of H-pyrrole nitrogens is 1. The highest BCUT2D eigenvalue weighted by atomic mass is 19.1. The summed E-state index contributed by atoms with van der Waals surface area (Å²) in [6.07, 6.45) is 0.991. The molecule has 1 aromatic carbocycles. The van der Waals surface area contributed by atoms with Crippen molar-refractivity contribution in [2.75, 3.05) is 0 Å². The average molecular weight is 250 g/mol. The predicted molar refractivity (Wildman–Crippen MR) is 56.9 cm³/mol. The molecule has 0 spiro atoms. The first-order valence-electron chi connectivity index (χ1n) is 4.82. The second kappa shape index (κ2) is 4.66. The highest BCUT2D eigenvalue weighted by molar-refractivity contribution is 6.01. The first-order valence-corrected chi connectivity index (χ1v) is 4.82. The Kier molecular flexibility index (Phi) is 3.05. The monoisotopic (exact) mass is 250 g/mol. The first kappa shape index (κ1) is 11.8. The Morgan fingerprint density at radius 2 is 2.17 bits per heavy atom. The van der Waals surface area contributed by atoms with Gasteiger partial charge in [0.05, 0.1) is 6.20 Å². The van der Waals surface area contributed by atoms with Crippen molar-refractivity contribution in [2.45, 2.75) is 0 Å². The van der Waals surface area contributed by atoms with Crippen molar-refractivity contribution in [1.82, 2.24) is 10.2 Å². The van der Waals surface area contributed by atoms with Crippen molar-refractivity contribution >= 4 is 11.9 Å². The van der Waals surface area contributed by atoms with E-state index in [0.717, 1.165) is 12.3 Å². The second-order valence-corrected chi connectivity index (χ2v) is 3.31. The zero-order valence-corrected chi connectivity index (χ0v) is 8.88. The van der Waals surface area contributed by atoms with E-state index in [9.17, 15) is 14.0 Å². The molecule has 0 saturated carbocycles. The number of carbonyl (C=O) groups is 2. The Hall–Kier alpha value is -2.70. The molecule has 2 aromatic rings. The number of aromatic nitrogens is 2. The van der Waals surface area contributed by atoms with Crippen LogP contribution in [0.25, 0.3) is 0 Å². The number of hydrogen-bond acceptors (Lipinski definition) is 4. The molecule has 0 fully saturated rings. The van der Waals surface area contributed by atoms with Gasteiger partial charge < -0.3 is 9.84 Å². The molecule has 18 heavy (non-hydrogen) atoms. The van der Waals surface area contributed by atoms with Gasteiger partial charge in [-0.15, -0.1) is 0 Å². The van der Waals surface area contributed by atoms with Gasteiger partial charge in [0.25, 0.3) is 0 Å². The van der Waals surface area contributed by atoms with Crippen LogP contribution in [0.4, 0.5) is 4.39 Å². The molecule has 1 aromatic heterocycles. The van der Waals surface area contributed by atoms with Gasteiger partial charge in [-0.1, -0.05) is 6.07 Å². The fourth-order valence-corrected chi connectivity index (χ4v) is 1.29. The van der Waals surface area contributed by atoms with E-state index in [4.69, 9.17) is 9.84 Å². The van der Waals surface area contributed by atoms with Crippen molar-refractivity contribution < 1.29 is 23.8 Å². The van der Waals surface area contributed by atoms with E-state index in [2.05, 4.69) is 10.2 Å². The summed E-state index contributed by atoms with van der Waals surface area (Å²) in [5.74, 6) is -2.85. The number of ether oxygens (including phenoxy) is 1. The van der Waals surface area contributed by atoms with Crippen LogP contribution in [0, 0.1) is 5.82 Å². The number of benzene rings is 1. The average Bonchev–Trinajstić information content (AvgIpc) is 2.77. The first-order chi connectivity index (χ1) is 8.58. The fraction of sp³-hybridized carbons (Fsp3) is 0. The van der Waals surface area contributed by atoms with Crippen molar-refractivity contribution in [3.63, 3.8) is 0 Å². The van der Waals surface area contributed by atoms with Crippen LogP contribution in [-0.4, -0.2) is 27.2 Å². The normalized spacial score (nSPS) is 10.1. The number of nitrogens with zero attached hydrogens (tertiary/aromatic N) is 1. The minimum absolute atomic E-state index is 0.0223. The van der Waals surface area contributed by atoms with Gasteiger partial charge in [0.1, 0.15) is 17.1 Å². The maximum Gasteiger partial charge on any atom is 0.362 e. The van der Waals surface area contributed by atoms with E-state index in [1.807, 2.05) is 0 Å². The Balaban J connectivity index is 2.22. The fourth-order valence-electron chi connectivity index (χ4n) is 1.29. The minimum atomic E-state index is -1.31. The molecule has 0 aliphatic heterocycles. The summed E-state index contributed by atoms with van der Waals surface area (Å²) >= 11 is 0. The highest BCUT2D eigenvalue weighted by Gasteiger charge is 2.20. The number of halogens is 1. The van der Waals surface area contributed by atoms with Crippen LogP contribution in [-0.2, 0) is 0 Å². The Bertz CT molecular complexity index is 609. The van der Waals surface area contributed by atoms with Crippen molar-refractivity contribution in [1.29, 1.82) is 0 Å². The summed E-state index contributed by atoms with van der Waals surface area (Å²) in [6.45, 7) is 0. The number of nitrogens with one attached hydrogen (secondary N) is 1. The van der Waals surface area contributed by atoms with Gasteiger partial charge in [-0.3, -0.25) is 5.10 Å². The third kappa shape index (κ3) is 2.34. The number of carboxylic acid groups (broad SMARTS) is 1. The van der Waals surface area contributed by atoms with Gasteiger partial charge in [0, 0.05) is 6.07 Å². The van der Waals surface area contributed by atoms with Crippen LogP contribution in [0.15, 0.2) is 30.5 Å². The summed E-state index contributed by atoms with van der Waals surface area (Å²) in [5, 5.41) is 14.5. The molecule has 0 saturated heterocycles. The van der Waals surface area contributed by atoms with Crippen LogP contribution in [0.3, 0.4) is 0 Å². The van der Waals surface area contributed by atoms with E-state index in [-0.39, 0.29) is 17.0 Å². The molecule has 0 bridgehead atoms. The molecule has 92 valence electrons. The second-order valence-electron chi connectivity index (χ2n) is 3.31. The molecule has 0 atom stereocenters. The molecule has 0 unspecified atom stereocenters. The highest BCUT2D eigenvalue weighted by Crippen LogP contribution is 2.15. The third-order valence-corrected chi connectivity index (χ3v) is 2.08. The Labute approximate surface area is 100 Å². The molecule has 0 radical (unpaired) electrons. The minimum Gasteiger partial charge on any atom is -0.478 e. The lowest BCUT2D eigenvalue weighted by Crippen LogP contribution is -2.13. The van der Waals surface area contributed by atoms with Gasteiger partial charge in [-0.2, -0.15) is 5.10 Å². The number of rotatable bonds is 3. The number of hydrogen-bond donors (Lipinski definition) is 2. The number of carboxylic acids is 1. The Morgan fingerprint density at radius 3 is 2.83 bits per heavy atom. The van der Waals surface area contributed by atoms with Crippen molar-refractivity contribution in [2.24, 2.45) is 0 Å². The summed E-state index contributed by atoms with van der Waals surface area (Å²) in [4.78, 5) is 22.4. The van der Waals surface area contributed by atoms with Crippen LogP contribution in [0.1, 0.15) is 20.8 Å². The quantitative estimate of drug-likeness (QED) is 0.635. The molecule has 2 rings (SSSR count). The third-order valence-electron chi connectivity index (χ3n) is 2.08. The summed E-state index contributed by atoms with van der Waals surface area (Å²) in [7, 11) is 0. The lowest BCUT2D eigenvalue weighted by Gasteiger charge is -2.03. The van der Waals surface area contributed by atoms with Gasteiger partial charge in [-0.25, -0.2) is 14.0 Å². The van der Waals surface area contributed by atoms with E-state index in [1.165, 1.54) is 18.2 Å². The summed E-state index contributed by atoms with van der Waals surface area (Å²) in [5.41, 5.74) is -0.608. The molecule has 2 N–H and O–H groups in total. The van der Waals surface area contributed by atoms with Crippen LogP contribution < -0.4 is 4.74 Å². The maximum atomic E-state index is 12.9. The summed E-state index contributed by atoms with van der Waals surface area (Å²) in [6, 6.07) is 4.94. The smallest absolute Gasteiger partial charge is 0.362 e. The summed E-state index contributed by atoms with van der Waals surface area (Å²) < 4.78 is 17.7. The van der Waals surface area contributed by atoms with E-state index in [1.54, 1.807) is 0 Å². The molecule has 7 heteroatoms. The lowest BCUT2D eigenvalue weighted by atomic mass is 10.2. The van der Waals surface area contributed by atoms with Crippen LogP contribution in [0.5, 0.6) is 5.75 Å². The maximum absolute atomic E-state index is 12.9. The predicted octanol–water partition coefficient (Wildman–Crippen LogP) is 1.47. The van der Waals surface area contributed by atoms with Gasteiger partial charge in [0.2, 0.25) is 0 Å². The largest absolute Gasteiger partial charge is 0.478 e. The zero-order valence-electron chi connectivity index (χ0n) is 8.88. The molecular weight excluding hydrogens is 243 g/mol. The zero-order chi connectivity index (χ0) is 13.1. The van der Waals surface area contributed by atoms with Gasteiger partial charge in [-0.05, 0) is 12.1 Å². The number of esters is 1. The van der Waals surface area contributed by atoms with Crippen molar-refractivity contribution in [3.05, 3.63) is 47.5 Å². The topological polar surface area (TPSA) is 92.3 Å². The standard InChI is InChI=1S/C11H7FN2O4/c12-6-2-1-3-7(4-6)18-11(17)9-8(10(15)16)5-13-14-9/h1-5H,(H,13,14)(H,15,16). The Morgan fingerprint density at radius 1 is 1.39 bits per heavy atom.